The molecule has 1 aliphatic rings. The average Bonchev–Trinajstić information content (AvgIpc) is 3.16. The number of nitrogens with zero attached hydrogens (tertiary/aromatic N) is 2. The van der Waals surface area contributed by atoms with Crippen LogP contribution in [0.25, 0.3) is 10.9 Å². The number of aromatic nitrogens is 2. The van der Waals surface area contributed by atoms with Gasteiger partial charge < -0.3 is 15.5 Å². The summed E-state index contributed by atoms with van der Waals surface area (Å²) in [6, 6.07) is 11.2. The summed E-state index contributed by atoms with van der Waals surface area (Å²) in [6.07, 6.45) is -0.565. The van der Waals surface area contributed by atoms with Gasteiger partial charge in [0.2, 0.25) is 0 Å². The summed E-state index contributed by atoms with van der Waals surface area (Å²) < 4.78 is 38.1. The van der Waals surface area contributed by atoms with E-state index in [1.807, 2.05) is 17.0 Å². The SMILES string of the molecule is FC(F)(F)c1ccc(NC(=S)N2CCCC(Nc3ccc4[nH]ncc4c3)C2)cc1. The van der Waals surface area contributed by atoms with Gasteiger partial charge in [-0.05, 0) is 67.5 Å². The molecule has 0 radical (unpaired) electrons. The van der Waals surface area contributed by atoms with Gasteiger partial charge in [-0.2, -0.15) is 18.3 Å². The highest BCUT2D eigenvalue weighted by atomic mass is 32.1. The van der Waals surface area contributed by atoms with Crippen molar-refractivity contribution in [1.82, 2.24) is 15.1 Å². The number of alkyl halides is 3. The van der Waals surface area contributed by atoms with Gasteiger partial charge >= 0.3 is 6.18 Å². The van der Waals surface area contributed by atoms with E-state index in [4.69, 9.17) is 12.2 Å². The van der Waals surface area contributed by atoms with E-state index >= 15 is 0 Å². The molecule has 5 nitrogen and oxygen atoms in total. The summed E-state index contributed by atoms with van der Waals surface area (Å²) in [5.74, 6) is 0. The number of anilines is 2. The zero-order valence-electron chi connectivity index (χ0n) is 15.5. The Balaban J connectivity index is 1.36. The van der Waals surface area contributed by atoms with Crippen molar-refractivity contribution in [3.63, 3.8) is 0 Å². The summed E-state index contributed by atoms with van der Waals surface area (Å²) in [7, 11) is 0. The molecule has 2 heterocycles. The predicted molar refractivity (Wildman–Crippen MR) is 112 cm³/mol. The molecule has 9 heteroatoms. The van der Waals surface area contributed by atoms with Crippen molar-refractivity contribution in [2.45, 2.75) is 25.1 Å². The highest BCUT2D eigenvalue weighted by molar-refractivity contribution is 7.80. The molecule has 152 valence electrons. The molecule has 29 heavy (non-hydrogen) atoms. The van der Waals surface area contributed by atoms with Crippen LogP contribution in [0.2, 0.25) is 0 Å². The third-order valence-electron chi connectivity index (χ3n) is 4.98. The molecule has 1 saturated heterocycles. The lowest BCUT2D eigenvalue weighted by Crippen LogP contribution is -2.46. The van der Waals surface area contributed by atoms with Gasteiger partial charge in [-0.3, -0.25) is 5.10 Å². The van der Waals surface area contributed by atoms with E-state index in [0.717, 1.165) is 54.7 Å². The maximum absolute atomic E-state index is 12.7. The van der Waals surface area contributed by atoms with Gasteiger partial charge in [0.05, 0.1) is 17.3 Å². The minimum Gasteiger partial charge on any atom is -0.381 e. The predicted octanol–water partition coefficient (Wildman–Crippen LogP) is 4.86. The Hall–Kier alpha value is -2.81. The average molecular weight is 419 g/mol. The number of fused-ring (bicyclic) bond motifs is 1. The van der Waals surface area contributed by atoms with E-state index in [1.54, 1.807) is 6.20 Å². The normalized spacial score (nSPS) is 17.3. The first-order valence-electron chi connectivity index (χ1n) is 9.31. The number of likely N-dealkylation sites (tertiary alicyclic amines) is 1. The van der Waals surface area contributed by atoms with Crippen molar-refractivity contribution >= 4 is 39.6 Å². The highest BCUT2D eigenvalue weighted by Crippen LogP contribution is 2.30. The second kappa shape index (κ2) is 7.90. The molecule has 3 aromatic rings. The molecule has 2 aromatic carbocycles. The van der Waals surface area contributed by atoms with E-state index in [1.165, 1.54) is 12.1 Å². The van der Waals surface area contributed by atoms with Gasteiger partial charge in [0.15, 0.2) is 5.11 Å². The number of H-pyrrole nitrogens is 1. The second-order valence-corrected chi connectivity index (χ2v) is 7.49. The summed E-state index contributed by atoms with van der Waals surface area (Å²) in [4.78, 5) is 2.05. The summed E-state index contributed by atoms with van der Waals surface area (Å²) in [5.41, 5.74) is 1.88. The Kier molecular flexibility index (Phi) is 5.31. The summed E-state index contributed by atoms with van der Waals surface area (Å²) in [6.45, 7) is 1.53. The van der Waals surface area contributed by atoms with Crippen molar-refractivity contribution in [2.75, 3.05) is 23.7 Å². The van der Waals surface area contributed by atoms with Gasteiger partial charge in [-0.15, -0.1) is 0 Å². The molecule has 1 atom stereocenters. The lowest BCUT2D eigenvalue weighted by atomic mass is 10.1. The van der Waals surface area contributed by atoms with Crippen LogP contribution >= 0.6 is 12.2 Å². The molecule has 0 bridgehead atoms. The van der Waals surface area contributed by atoms with Crippen LogP contribution in [0.4, 0.5) is 24.5 Å². The lowest BCUT2D eigenvalue weighted by molar-refractivity contribution is -0.137. The molecular formula is C20H20F3N5S. The first-order valence-corrected chi connectivity index (χ1v) is 9.72. The fourth-order valence-electron chi connectivity index (χ4n) is 3.49. The van der Waals surface area contributed by atoms with Crippen LogP contribution in [0.5, 0.6) is 0 Å². The van der Waals surface area contributed by atoms with E-state index in [9.17, 15) is 13.2 Å². The third-order valence-corrected chi connectivity index (χ3v) is 5.34. The topological polar surface area (TPSA) is 56.0 Å². The zero-order valence-corrected chi connectivity index (χ0v) is 16.3. The van der Waals surface area contributed by atoms with Crippen LogP contribution in [0.15, 0.2) is 48.7 Å². The Bertz CT molecular complexity index is 999. The van der Waals surface area contributed by atoms with Crippen LogP contribution in [-0.2, 0) is 6.18 Å². The van der Waals surface area contributed by atoms with Gasteiger partial charge in [0, 0.05) is 35.9 Å². The molecular weight excluding hydrogens is 399 g/mol. The molecule has 1 aliphatic heterocycles. The van der Waals surface area contributed by atoms with Gasteiger partial charge in [0.1, 0.15) is 0 Å². The Morgan fingerprint density at radius 1 is 1.14 bits per heavy atom. The molecule has 4 rings (SSSR count). The number of piperidine rings is 1. The number of halogens is 3. The number of benzene rings is 2. The minimum absolute atomic E-state index is 0.223. The van der Waals surface area contributed by atoms with E-state index < -0.39 is 11.7 Å². The van der Waals surface area contributed by atoms with E-state index in [-0.39, 0.29) is 6.04 Å². The fourth-order valence-corrected chi connectivity index (χ4v) is 3.78. The number of hydrogen-bond acceptors (Lipinski definition) is 3. The van der Waals surface area contributed by atoms with Gasteiger partial charge in [0.25, 0.3) is 0 Å². The number of aromatic amines is 1. The molecule has 0 aliphatic carbocycles. The van der Waals surface area contributed by atoms with Gasteiger partial charge in [-0.1, -0.05) is 0 Å². The number of hydrogen-bond donors (Lipinski definition) is 3. The van der Waals surface area contributed by atoms with Crippen LogP contribution in [0.3, 0.4) is 0 Å². The van der Waals surface area contributed by atoms with Crippen molar-refractivity contribution in [3.05, 3.63) is 54.2 Å². The molecule has 1 aromatic heterocycles. The van der Waals surface area contributed by atoms with Crippen LogP contribution < -0.4 is 10.6 Å². The molecule has 0 amide bonds. The summed E-state index contributed by atoms with van der Waals surface area (Å²) >= 11 is 5.48. The van der Waals surface area contributed by atoms with Crippen molar-refractivity contribution in [3.8, 4) is 0 Å². The molecule has 1 unspecified atom stereocenters. The van der Waals surface area contributed by atoms with Crippen LogP contribution in [0, 0.1) is 0 Å². The largest absolute Gasteiger partial charge is 0.416 e. The first kappa shape index (κ1) is 19.5. The van der Waals surface area contributed by atoms with Crippen LogP contribution in [0.1, 0.15) is 18.4 Å². The number of thiocarbonyl (C=S) groups is 1. The number of rotatable bonds is 3. The quantitative estimate of drug-likeness (QED) is 0.530. The fraction of sp³-hybridized carbons (Fsp3) is 0.300. The van der Waals surface area contributed by atoms with Crippen molar-refractivity contribution in [1.29, 1.82) is 0 Å². The minimum atomic E-state index is -4.34. The first-order chi connectivity index (χ1) is 13.9. The van der Waals surface area contributed by atoms with Gasteiger partial charge in [-0.25, -0.2) is 0 Å². The maximum Gasteiger partial charge on any atom is 0.416 e. The Labute approximate surface area is 171 Å². The number of nitrogens with one attached hydrogen (secondary N) is 3. The van der Waals surface area contributed by atoms with E-state index in [0.29, 0.717) is 10.8 Å². The monoisotopic (exact) mass is 419 g/mol. The third kappa shape index (κ3) is 4.61. The molecule has 0 saturated carbocycles. The molecule has 0 spiro atoms. The molecule has 3 N–H and O–H groups in total. The lowest BCUT2D eigenvalue weighted by Gasteiger charge is -2.35. The van der Waals surface area contributed by atoms with Crippen LogP contribution in [-0.4, -0.2) is 39.3 Å². The van der Waals surface area contributed by atoms with E-state index in [2.05, 4.69) is 26.9 Å². The Morgan fingerprint density at radius 2 is 1.90 bits per heavy atom. The van der Waals surface area contributed by atoms with Crippen molar-refractivity contribution in [2.24, 2.45) is 0 Å². The zero-order chi connectivity index (χ0) is 20.4. The Morgan fingerprint density at radius 3 is 2.66 bits per heavy atom. The second-order valence-electron chi connectivity index (χ2n) is 7.11. The maximum atomic E-state index is 12.7. The molecule has 1 fully saturated rings. The van der Waals surface area contributed by atoms with Crippen molar-refractivity contribution < 1.29 is 13.2 Å². The highest BCUT2D eigenvalue weighted by Gasteiger charge is 2.30. The summed E-state index contributed by atoms with van der Waals surface area (Å²) in [5, 5.41) is 15.1. The smallest absolute Gasteiger partial charge is 0.381 e. The standard InChI is InChI=1S/C20H20F3N5S/c21-20(22,23)14-3-5-15(6-4-14)26-19(29)28-9-1-2-17(12-28)25-16-7-8-18-13(10-16)11-24-27-18/h3-8,10-11,17,25H,1-2,9,12H2,(H,24,27)(H,26,29).